The van der Waals surface area contributed by atoms with Gasteiger partial charge in [0.25, 0.3) is 0 Å². The van der Waals surface area contributed by atoms with Crippen LogP contribution in [0.15, 0.2) is 11.6 Å². The number of nitrogens with zero attached hydrogens (tertiary/aromatic N) is 1. The number of aliphatic hydroxyl groups is 1. The van der Waals surface area contributed by atoms with E-state index < -0.39 is 21.7 Å². The lowest BCUT2D eigenvalue weighted by molar-refractivity contribution is -0.195. The predicted molar refractivity (Wildman–Crippen MR) is 145 cm³/mol. The number of methoxy groups -OCH3 is 1. The lowest BCUT2D eigenvalue weighted by Gasteiger charge is -2.69. The van der Waals surface area contributed by atoms with Gasteiger partial charge in [0.2, 0.25) is 0 Å². The maximum atomic E-state index is 14.5. The Morgan fingerprint density at radius 2 is 1.69 bits per heavy atom. The Labute approximate surface area is 232 Å². The molecular formula is C33H45NO5. The zero-order valence-corrected chi connectivity index (χ0v) is 24.8. The van der Waals surface area contributed by atoms with E-state index in [-0.39, 0.29) is 64.1 Å². The average molecular weight is 536 g/mol. The zero-order chi connectivity index (χ0) is 28.6. The number of aliphatic hydroxyl groups excluding tert-OH is 1. The maximum absolute atomic E-state index is 14.5. The minimum atomic E-state index is -0.937. The largest absolute Gasteiger partial charge is 0.469 e. The second-order valence-electron chi connectivity index (χ2n) is 15.9. The van der Waals surface area contributed by atoms with E-state index in [1.54, 1.807) is 0 Å². The number of esters is 1. The van der Waals surface area contributed by atoms with Gasteiger partial charge in [-0.15, -0.1) is 0 Å². The van der Waals surface area contributed by atoms with Crippen LogP contribution >= 0.6 is 0 Å². The number of Topliss-reactive ketones (excluding diaryl/α,β-unsaturated/α-hetero) is 1. The number of ketones is 2. The van der Waals surface area contributed by atoms with Crippen molar-refractivity contribution in [1.82, 2.24) is 0 Å². The molecule has 1 N–H and O–H groups in total. The molecule has 5 saturated carbocycles. The molecule has 0 aliphatic heterocycles. The van der Waals surface area contributed by atoms with Crippen molar-refractivity contribution in [3.05, 3.63) is 11.6 Å². The van der Waals surface area contributed by atoms with Gasteiger partial charge in [0.15, 0.2) is 11.6 Å². The molecule has 0 aromatic heterocycles. The fourth-order valence-electron chi connectivity index (χ4n) is 11.7. The summed E-state index contributed by atoms with van der Waals surface area (Å²) in [5.41, 5.74) is -2.48. The molecule has 0 saturated heterocycles. The Kier molecular flexibility index (Phi) is 5.32. The highest BCUT2D eigenvalue weighted by Gasteiger charge is 2.80. The van der Waals surface area contributed by atoms with Crippen molar-refractivity contribution in [1.29, 1.82) is 5.26 Å². The van der Waals surface area contributed by atoms with E-state index in [1.165, 1.54) is 7.11 Å². The first-order valence-corrected chi connectivity index (χ1v) is 15.0. The minimum Gasteiger partial charge on any atom is -0.469 e. The summed E-state index contributed by atoms with van der Waals surface area (Å²) < 4.78 is 5.40. The normalized spacial score (nSPS) is 53.1. The Hall–Kier alpha value is -2.00. The van der Waals surface area contributed by atoms with Gasteiger partial charge in [0.1, 0.15) is 5.41 Å². The number of ether oxygens (including phenoxy) is 1. The quantitative estimate of drug-likeness (QED) is 0.473. The number of allylic oxidation sites excluding steroid dienone is 2. The molecule has 0 bridgehead atoms. The molecule has 6 heteroatoms. The molecule has 0 aromatic carbocycles. The smallest absolute Gasteiger partial charge is 0.312 e. The Balaban J connectivity index is 1.52. The molecule has 39 heavy (non-hydrogen) atoms. The molecular weight excluding hydrogens is 490 g/mol. The van der Waals surface area contributed by atoms with Gasteiger partial charge in [0, 0.05) is 17.9 Å². The van der Waals surface area contributed by atoms with Crippen molar-refractivity contribution in [3.63, 3.8) is 0 Å². The van der Waals surface area contributed by atoms with Crippen molar-refractivity contribution in [2.24, 2.45) is 61.6 Å². The van der Waals surface area contributed by atoms with Crippen molar-refractivity contribution in [2.75, 3.05) is 13.7 Å². The van der Waals surface area contributed by atoms with Crippen LogP contribution in [0.3, 0.4) is 0 Å². The molecule has 0 spiro atoms. The first-order chi connectivity index (χ1) is 18.1. The van der Waals surface area contributed by atoms with Gasteiger partial charge < -0.3 is 9.84 Å². The fourth-order valence-corrected chi connectivity index (χ4v) is 11.7. The monoisotopic (exact) mass is 535 g/mol. The lowest BCUT2D eigenvalue weighted by Crippen LogP contribution is -2.67. The number of rotatable bonds is 2. The molecule has 0 heterocycles. The number of fused-ring (bicyclic) bond motifs is 9. The van der Waals surface area contributed by atoms with Crippen LogP contribution in [0.5, 0.6) is 0 Å². The number of nitriles is 1. The SMILES string of the molecule is COC(=O)[C@]12CC[C@@](C)(CO)C[C@H]1[C@H]1C(=O)C=C3[C@@]4(C)[C@H]5C[C@@]5(C#N)C(=O)C(C)(C)[C@@H]4CC[C@@]3(C)[C@]1(C)CC2. The van der Waals surface area contributed by atoms with Crippen LogP contribution in [0.2, 0.25) is 0 Å². The first-order valence-electron chi connectivity index (χ1n) is 15.0. The molecule has 10 atom stereocenters. The molecule has 0 amide bonds. The van der Waals surface area contributed by atoms with E-state index in [0.717, 1.165) is 31.3 Å². The van der Waals surface area contributed by atoms with Crippen LogP contribution in [0.4, 0.5) is 0 Å². The maximum Gasteiger partial charge on any atom is 0.312 e. The summed E-state index contributed by atoms with van der Waals surface area (Å²) in [7, 11) is 1.45. The molecule has 0 radical (unpaired) electrons. The molecule has 6 aliphatic rings. The van der Waals surface area contributed by atoms with Gasteiger partial charge in [0.05, 0.1) is 18.6 Å². The van der Waals surface area contributed by atoms with E-state index in [4.69, 9.17) is 4.74 Å². The summed E-state index contributed by atoms with van der Waals surface area (Å²) in [5, 5.41) is 20.6. The van der Waals surface area contributed by atoms with Crippen molar-refractivity contribution < 1.29 is 24.2 Å². The van der Waals surface area contributed by atoms with Crippen molar-refractivity contribution >= 4 is 17.5 Å². The summed E-state index contributed by atoms with van der Waals surface area (Å²) in [5.74, 6) is -0.513. The van der Waals surface area contributed by atoms with Gasteiger partial charge in [-0.1, -0.05) is 47.1 Å². The second-order valence-corrected chi connectivity index (χ2v) is 15.9. The van der Waals surface area contributed by atoms with Crippen molar-refractivity contribution in [3.8, 4) is 6.07 Å². The highest BCUT2D eigenvalue weighted by atomic mass is 16.5. The standard InChI is InChI=1S/C33H45NO5/c1-27(2)21-8-9-29(4)22(31(21,6)23-16-33(23,17-34)25(27)37)14-20(36)24-19-15-28(3,18-35)10-12-32(19,26(38)39-7)13-11-30(24,29)5/h14,19,21,23-24,35H,8-13,15-16,18H2,1-7H3/t19-,21-,23+,24-,28+,29+,30+,31-,32-,33-/m0/s1. The van der Waals surface area contributed by atoms with E-state index in [9.17, 15) is 24.8 Å². The van der Waals surface area contributed by atoms with Crippen LogP contribution < -0.4 is 0 Å². The summed E-state index contributed by atoms with van der Waals surface area (Å²) >= 11 is 0. The molecule has 0 unspecified atom stereocenters. The number of carbonyl (C=O) groups is 3. The van der Waals surface area contributed by atoms with E-state index in [2.05, 4.69) is 33.8 Å². The van der Waals surface area contributed by atoms with Gasteiger partial charge >= 0.3 is 5.97 Å². The third-order valence-electron chi connectivity index (χ3n) is 14.2. The number of hydrogen-bond acceptors (Lipinski definition) is 6. The van der Waals surface area contributed by atoms with E-state index >= 15 is 0 Å². The summed E-state index contributed by atoms with van der Waals surface area (Å²) in [4.78, 5) is 41.6. The van der Waals surface area contributed by atoms with Gasteiger partial charge in [-0.05, 0) is 96.9 Å². The highest BCUT2D eigenvalue weighted by molar-refractivity contribution is 5.99. The molecule has 0 aromatic rings. The summed E-state index contributed by atoms with van der Waals surface area (Å²) in [6.07, 6.45) is 7.73. The van der Waals surface area contributed by atoms with Crippen LogP contribution in [0.25, 0.3) is 0 Å². The summed E-state index contributed by atoms with van der Waals surface area (Å²) in [6.45, 7) is 13.0. The van der Waals surface area contributed by atoms with E-state index in [0.29, 0.717) is 25.7 Å². The minimum absolute atomic E-state index is 0.0392. The molecule has 212 valence electrons. The Bertz CT molecular complexity index is 1260. The Morgan fingerprint density at radius 1 is 1.03 bits per heavy atom. The second kappa shape index (κ2) is 7.64. The van der Waals surface area contributed by atoms with Gasteiger partial charge in [-0.25, -0.2) is 0 Å². The molecule has 5 fully saturated rings. The average Bonchev–Trinajstić information content (AvgIpc) is 3.66. The first kappa shape index (κ1) is 27.2. The molecule has 6 nitrogen and oxygen atoms in total. The van der Waals surface area contributed by atoms with Crippen LogP contribution in [-0.4, -0.2) is 36.4 Å². The van der Waals surface area contributed by atoms with Crippen LogP contribution in [0.1, 0.15) is 92.9 Å². The zero-order valence-electron chi connectivity index (χ0n) is 24.8. The van der Waals surface area contributed by atoms with Crippen LogP contribution in [-0.2, 0) is 19.1 Å². The van der Waals surface area contributed by atoms with Gasteiger partial charge in [-0.3, -0.25) is 14.4 Å². The van der Waals surface area contributed by atoms with Crippen LogP contribution in [0, 0.1) is 72.9 Å². The Morgan fingerprint density at radius 3 is 2.31 bits per heavy atom. The third-order valence-corrected chi connectivity index (χ3v) is 14.2. The summed E-state index contributed by atoms with van der Waals surface area (Å²) in [6, 6.07) is 2.44. The van der Waals surface area contributed by atoms with E-state index in [1.807, 2.05) is 19.9 Å². The number of carbonyl (C=O) groups excluding carboxylic acids is 3. The number of hydrogen-bond donors (Lipinski definition) is 1. The lowest BCUT2D eigenvalue weighted by atomic mass is 9.33. The topological polar surface area (TPSA) is 104 Å². The van der Waals surface area contributed by atoms with Gasteiger partial charge in [-0.2, -0.15) is 5.26 Å². The third kappa shape index (κ3) is 2.84. The molecule has 6 aliphatic carbocycles. The fraction of sp³-hybridized carbons (Fsp3) is 0.818. The highest BCUT2D eigenvalue weighted by Crippen LogP contribution is 2.81. The molecule has 6 rings (SSSR count). The predicted octanol–water partition coefficient (Wildman–Crippen LogP) is 5.43. The van der Waals surface area contributed by atoms with Crippen molar-refractivity contribution in [2.45, 2.75) is 92.9 Å².